The van der Waals surface area contributed by atoms with Crippen molar-refractivity contribution < 1.29 is 23.9 Å². The Morgan fingerprint density at radius 1 is 1.15 bits per heavy atom. The Bertz CT molecular complexity index is 1030. The number of para-hydroxylation sites is 1. The van der Waals surface area contributed by atoms with E-state index in [1.165, 1.54) is 23.8 Å². The van der Waals surface area contributed by atoms with Gasteiger partial charge in [-0.1, -0.05) is 12.1 Å². The topological polar surface area (TPSA) is 125 Å². The number of aromatic nitrogens is 4. The number of hydrogen-bond donors (Lipinski definition) is 1. The summed E-state index contributed by atoms with van der Waals surface area (Å²) in [6.45, 7) is 1.21. The Hall–Kier alpha value is -3.82. The predicted molar refractivity (Wildman–Crippen MR) is 92.2 cm³/mol. The molecular weight excluding hydrogens is 354 g/mol. The van der Waals surface area contributed by atoms with E-state index in [2.05, 4.69) is 25.1 Å². The summed E-state index contributed by atoms with van der Waals surface area (Å²) in [5.41, 5.74) is 1.17. The van der Waals surface area contributed by atoms with Gasteiger partial charge in [-0.15, -0.1) is 5.10 Å². The summed E-state index contributed by atoms with van der Waals surface area (Å²) in [4.78, 5) is 43.7. The van der Waals surface area contributed by atoms with E-state index in [-0.39, 0.29) is 22.9 Å². The number of ether oxygens (including phenoxy) is 2. The van der Waals surface area contributed by atoms with Gasteiger partial charge >= 0.3 is 11.9 Å². The number of fused-ring (bicyclic) bond motifs is 1. The fraction of sp³-hybridized carbons (Fsp3) is 0.176. The molecule has 0 saturated carbocycles. The lowest BCUT2D eigenvalue weighted by Crippen LogP contribution is -2.22. The van der Waals surface area contributed by atoms with Gasteiger partial charge in [0.15, 0.2) is 6.61 Å². The molecule has 3 rings (SSSR count). The average Bonchev–Trinajstić information content (AvgIpc) is 3.12. The summed E-state index contributed by atoms with van der Waals surface area (Å²) in [5, 5.41) is 6.49. The first-order chi connectivity index (χ1) is 13.0. The number of methoxy groups -OCH3 is 1. The van der Waals surface area contributed by atoms with Gasteiger partial charge in [-0.25, -0.2) is 19.1 Å². The molecule has 27 heavy (non-hydrogen) atoms. The second kappa shape index (κ2) is 7.60. The Balaban J connectivity index is 1.64. The highest BCUT2D eigenvalue weighted by Gasteiger charge is 2.18. The number of anilines is 1. The van der Waals surface area contributed by atoms with E-state index in [4.69, 9.17) is 4.74 Å². The van der Waals surface area contributed by atoms with Gasteiger partial charge < -0.3 is 14.8 Å². The zero-order valence-electron chi connectivity index (χ0n) is 14.5. The van der Waals surface area contributed by atoms with Crippen LogP contribution in [0.3, 0.4) is 0 Å². The molecule has 1 N–H and O–H groups in total. The molecule has 10 heteroatoms. The van der Waals surface area contributed by atoms with Crippen molar-refractivity contribution in [2.24, 2.45) is 0 Å². The molecule has 3 aromatic rings. The molecule has 0 aliphatic heterocycles. The molecule has 0 radical (unpaired) electrons. The van der Waals surface area contributed by atoms with Crippen molar-refractivity contribution in [3.8, 4) is 0 Å². The van der Waals surface area contributed by atoms with Crippen LogP contribution >= 0.6 is 0 Å². The van der Waals surface area contributed by atoms with Crippen molar-refractivity contribution in [3.63, 3.8) is 0 Å². The van der Waals surface area contributed by atoms with Crippen LogP contribution in [0.15, 0.2) is 36.5 Å². The molecule has 0 spiro atoms. The average molecular weight is 369 g/mol. The second-order valence-electron chi connectivity index (χ2n) is 5.39. The number of rotatable bonds is 5. The Morgan fingerprint density at radius 2 is 1.93 bits per heavy atom. The molecule has 2 aromatic heterocycles. The molecule has 1 aromatic carbocycles. The van der Waals surface area contributed by atoms with Gasteiger partial charge in [-0.2, -0.15) is 4.98 Å². The minimum Gasteiger partial charge on any atom is -0.465 e. The van der Waals surface area contributed by atoms with Crippen molar-refractivity contribution in [2.75, 3.05) is 19.0 Å². The highest BCUT2D eigenvalue weighted by Crippen LogP contribution is 2.16. The van der Waals surface area contributed by atoms with Crippen molar-refractivity contribution >= 4 is 29.3 Å². The van der Waals surface area contributed by atoms with Crippen LogP contribution in [0.4, 0.5) is 5.69 Å². The van der Waals surface area contributed by atoms with Gasteiger partial charge in [-0.05, 0) is 25.1 Å². The monoisotopic (exact) mass is 369 g/mol. The number of carbonyl (C=O) groups excluding carboxylic acids is 3. The van der Waals surface area contributed by atoms with Gasteiger partial charge in [0.2, 0.25) is 0 Å². The maximum atomic E-state index is 12.1. The lowest BCUT2D eigenvalue weighted by Gasteiger charge is -2.09. The van der Waals surface area contributed by atoms with E-state index in [9.17, 15) is 14.4 Å². The van der Waals surface area contributed by atoms with Crippen molar-refractivity contribution in [1.29, 1.82) is 0 Å². The minimum atomic E-state index is -0.865. The van der Waals surface area contributed by atoms with Crippen molar-refractivity contribution in [1.82, 2.24) is 19.6 Å². The summed E-state index contributed by atoms with van der Waals surface area (Å²) in [5.74, 6) is -2.05. The summed E-state index contributed by atoms with van der Waals surface area (Å²) >= 11 is 0. The van der Waals surface area contributed by atoms with Crippen LogP contribution in [0.25, 0.3) is 5.78 Å². The number of benzene rings is 1. The molecule has 0 unspecified atom stereocenters. The molecule has 0 aliphatic carbocycles. The number of nitrogens with one attached hydrogen (secondary N) is 1. The summed E-state index contributed by atoms with van der Waals surface area (Å²) in [7, 11) is 1.24. The van der Waals surface area contributed by atoms with E-state index in [0.29, 0.717) is 0 Å². The van der Waals surface area contributed by atoms with Crippen LogP contribution in [0.1, 0.15) is 26.7 Å². The number of aryl methyl sites for hydroxylation is 1. The van der Waals surface area contributed by atoms with E-state index in [0.717, 1.165) is 5.69 Å². The highest BCUT2D eigenvalue weighted by atomic mass is 16.5. The third-order valence-corrected chi connectivity index (χ3v) is 3.55. The van der Waals surface area contributed by atoms with Crippen LogP contribution < -0.4 is 5.32 Å². The standard InChI is InChI=1S/C17H15N5O5/c1-10-7-8-18-17-20-14(21-22(10)17)16(25)27-9-13(23)19-12-6-4-3-5-11(12)15(24)26-2/h3-8H,9H2,1-2H3,(H,19,23). The maximum absolute atomic E-state index is 12.1. The normalized spacial score (nSPS) is 10.4. The molecule has 1 amide bonds. The van der Waals surface area contributed by atoms with Crippen LogP contribution in [-0.4, -0.2) is 51.1 Å². The first-order valence-electron chi connectivity index (χ1n) is 7.82. The number of esters is 2. The SMILES string of the molecule is COC(=O)c1ccccc1NC(=O)COC(=O)c1nc2nccc(C)n2n1. The molecular formula is C17H15N5O5. The molecule has 0 atom stereocenters. The molecule has 0 aliphatic rings. The quantitative estimate of drug-likeness (QED) is 0.661. The zero-order chi connectivity index (χ0) is 19.4. The molecule has 0 fully saturated rings. The Kier molecular flexibility index (Phi) is 5.06. The van der Waals surface area contributed by atoms with Gasteiger partial charge in [-0.3, -0.25) is 4.79 Å². The smallest absolute Gasteiger partial charge is 0.378 e. The van der Waals surface area contributed by atoms with Gasteiger partial charge in [0, 0.05) is 11.9 Å². The number of nitrogens with zero attached hydrogens (tertiary/aromatic N) is 4. The summed E-state index contributed by atoms with van der Waals surface area (Å²) in [6, 6.07) is 8.02. The van der Waals surface area contributed by atoms with Crippen LogP contribution in [0.5, 0.6) is 0 Å². The second-order valence-corrected chi connectivity index (χ2v) is 5.39. The Labute approximate surface area is 153 Å². The third-order valence-electron chi connectivity index (χ3n) is 3.55. The minimum absolute atomic E-state index is 0.184. The van der Waals surface area contributed by atoms with Crippen LogP contribution in [0, 0.1) is 6.92 Å². The van der Waals surface area contributed by atoms with E-state index in [1.807, 2.05) is 0 Å². The molecule has 10 nitrogen and oxygen atoms in total. The highest BCUT2D eigenvalue weighted by molar-refractivity contribution is 6.02. The first kappa shape index (κ1) is 18.0. The third kappa shape index (κ3) is 3.89. The van der Waals surface area contributed by atoms with Gasteiger partial charge in [0.05, 0.1) is 18.4 Å². The van der Waals surface area contributed by atoms with E-state index in [1.54, 1.807) is 31.3 Å². The number of amides is 1. The van der Waals surface area contributed by atoms with E-state index >= 15 is 0 Å². The van der Waals surface area contributed by atoms with Gasteiger partial charge in [0.1, 0.15) is 0 Å². The summed E-state index contributed by atoms with van der Waals surface area (Å²) < 4.78 is 11.0. The van der Waals surface area contributed by atoms with Crippen molar-refractivity contribution in [3.05, 3.63) is 53.6 Å². The fourth-order valence-corrected chi connectivity index (χ4v) is 2.25. The lowest BCUT2D eigenvalue weighted by molar-refractivity contribution is -0.119. The van der Waals surface area contributed by atoms with Crippen LogP contribution in [-0.2, 0) is 14.3 Å². The Morgan fingerprint density at radius 3 is 2.67 bits per heavy atom. The molecule has 0 bridgehead atoms. The largest absolute Gasteiger partial charge is 0.465 e. The van der Waals surface area contributed by atoms with Gasteiger partial charge in [0.25, 0.3) is 17.5 Å². The maximum Gasteiger partial charge on any atom is 0.378 e. The predicted octanol–water partition coefficient (Wildman–Crippen LogP) is 1.01. The fourth-order valence-electron chi connectivity index (χ4n) is 2.25. The first-order valence-corrected chi connectivity index (χ1v) is 7.82. The van der Waals surface area contributed by atoms with Crippen molar-refractivity contribution in [2.45, 2.75) is 6.92 Å². The lowest BCUT2D eigenvalue weighted by atomic mass is 10.2. The molecule has 0 saturated heterocycles. The molecule has 2 heterocycles. The molecule has 138 valence electrons. The number of carbonyl (C=O) groups is 3. The number of hydrogen-bond acceptors (Lipinski definition) is 8. The summed E-state index contributed by atoms with van der Waals surface area (Å²) in [6.07, 6.45) is 1.54. The van der Waals surface area contributed by atoms with Crippen LogP contribution in [0.2, 0.25) is 0 Å². The van der Waals surface area contributed by atoms with E-state index < -0.39 is 24.5 Å². The zero-order valence-corrected chi connectivity index (χ0v) is 14.5.